The molecule has 4 nitrogen and oxygen atoms in total. The van der Waals surface area contributed by atoms with E-state index >= 15 is 0 Å². The Morgan fingerprint density at radius 2 is 1.94 bits per heavy atom. The maximum atomic E-state index is 11.8. The molecule has 1 N–H and O–H groups in total. The Balaban J connectivity index is 1.92. The average Bonchev–Trinajstić information content (AvgIpc) is 2.66. The standard InChI is InChI=1S/C12H23N3O/c1-12(2,15-7-3-4-11(15)16)10-14-8-5-13-6-9-14/h13H,3-10H2,1-2H3. The third-order valence-electron chi connectivity index (χ3n) is 3.62. The molecular formula is C12H23N3O. The minimum atomic E-state index is -0.00900. The maximum absolute atomic E-state index is 11.8. The molecule has 16 heavy (non-hydrogen) atoms. The Morgan fingerprint density at radius 1 is 1.25 bits per heavy atom. The van der Waals surface area contributed by atoms with Crippen LogP contribution < -0.4 is 5.32 Å². The zero-order valence-corrected chi connectivity index (χ0v) is 10.5. The highest BCUT2D eigenvalue weighted by Gasteiger charge is 2.35. The van der Waals surface area contributed by atoms with Crippen LogP contribution in [0.15, 0.2) is 0 Å². The van der Waals surface area contributed by atoms with Gasteiger partial charge in [0.1, 0.15) is 0 Å². The third-order valence-corrected chi connectivity index (χ3v) is 3.62. The van der Waals surface area contributed by atoms with Gasteiger partial charge in [0.25, 0.3) is 0 Å². The van der Waals surface area contributed by atoms with Gasteiger partial charge in [-0.1, -0.05) is 0 Å². The van der Waals surface area contributed by atoms with E-state index in [9.17, 15) is 4.79 Å². The number of nitrogens with zero attached hydrogens (tertiary/aromatic N) is 2. The molecule has 2 rings (SSSR count). The highest BCUT2D eigenvalue weighted by Crippen LogP contribution is 2.23. The average molecular weight is 225 g/mol. The number of carbonyl (C=O) groups excluding carboxylic acids is 1. The topological polar surface area (TPSA) is 35.6 Å². The van der Waals surface area contributed by atoms with Crippen LogP contribution in [0.2, 0.25) is 0 Å². The van der Waals surface area contributed by atoms with Gasteiger partial charge in [0.2, 0.25) is 5.91 Å². The molecular weight excluding hydrogens is 202 g/mol. The van der Waals surface area contributed by atoms with Gasteiger partial charge in [0.15, 0.2) is 0 Å². The van der Waals surface area contributed by atoms with Gasteiger partial charge >= 0.3 is 0 Å². The van der Waals surface area contributed by atoms with Crippen LogP contribution in [0.3, 0.4) is 0 Å². The van der Waals surface area contributed by atoms with Crippen LogP contribution in [0.5, 0.6) is 0 Å². The van der Waals surface area contributed by atoms with Crippen molar-refractivity contribution in [3.63, 3.8) is 0 Å². The van der Waals surface area contributed by atoms with E-state index in [4.69, 9.17) is 0 Å². The summed E-state index contributed by atoms with van der Waals surface area (Å²) in [6, 6.07) is 0. The first-order chi connectivity index (χ1) is 7.59. The SMILES string of the molecule is CC(C)(CN1CCNCC1)N1CCCC1=O. The Bertz CT molecular complexity index is 259. The van der Waals surface area contributed by atoms with Gasteiger partial charge in [-0.2, -0.15) is 0 Å². The fourth-order valence-corrected chi connectivity index (χ4v) is 2.79. The van der Waals surface area contributed by atoms with E-state index in [0.29, 0.717) is 5.91 Å². The fraction of sp³-hybridized carbons (Fsp3) is 0.917. The van der Waals surface area contributed by atoms with Crippen molar-refractivity contribution in [1.82, 2.24) is 15.1 Å². The first kappa shape index (κ1) is 11.9. The second kappa shape index (κ2) is 4.72. The van der Waals surface area contributed by atoms with Gasteiger partial charge in [0, 0.05) is 51.2 Å². The van der Waals surface area contributed by atoms with E-state index in [2.05, 4.69) is 29.0 Å². The van der Waals surface area contributed by atoms with Gasteiger partial charge in [-0.25, -0.2) is 0 Å². The summed E-state index contributed by atoms with van der Waals surface area (Å²) in [5.74, 6) is 0.333. The molecule has 0 atom stereocenters. The lowest BCUT2D eigenvalue weighted by atomic mass is 10.0. The lowest BCUT2D eigenvalue weighted by Gasteiger charge is -2.41. The molecule has 2 fully saturated rings. The van der Waals surface area contributed by atoms with E-state index in [1.54, 1.807) is 0 Å². The molecule has 0 bridgehead atoms. The molecule has 1 amide bonds. The van der Waals surface area contributed by atoms with Gasteiger partial charge in [0.05, 0.1) is 0 Å². The smallest absolute Gasteiger partial charge is 0.223 e. The van der Waals surface area contributed by atoms with Crippen LogP contribution >= 0.6 is 0 Å². The molecule has 0 aliphatic carbocycles. The minimum absolute atomic E-state index is 0.00900. The summed E-state index contributed by atoms with van der Waals surface area (Å²) < 4.78 is 0. The monoisotopic (exact) mass is 225 g/mol. The Kier molecular flexibility index (Phi) is 3.50. The summed E-state index contributed by atoms with van der Waals surface area (Å²) in [5, 5.41) is 3.36. The van der Waals surface area contributed by atoms with Crippen molar-refractivity contribution < 1.29 is 4.79 Å². The Labute approximate surface area is 98.0 Å². The highest BCUT2D eigenvalue weighted by atomic mass is 16.2. The normalized spacial score (nSPS) is 24.1. The van der Waals surface area contributed by atoms with Crippen molar-refractivity contribution in [2.75, 3.05) is 39.3 Å². The zero-order valence-electron chi connectivity index (χ0n) is 10.5. The molecule has 0 unspecified atom stereocenters. The summed E-state index contributed by atoms with van der Waals surface area (Å²) in [5.41, 5.74) is -0.00900. The van der Waals surface area contributed by atoms with Crippen molar-refractivity contribution >= 4 is 5.91 Å². The molecule has 2 aliphatic rings. The molecule has 0 aromatic heterocycles. The summed E-state index contributed by atoms with van der Waals surface area (Å²) >= 11 is 0. The number of likely N-dealkylation sites (tertiary alicyclic amines) is 1. The Hall–Kier alpha value is -0.610. The first-order valence-corrected chi connectivity index (χ1v) is 6.33. The predicted octanol–water partition coefficient (Wildman–Crippen LogP) is 0.293. The van der Waals surface area contributed by atoms with Crippen LogP contribution in [0.4, 0.5) is 0 Å². The minimum Gasteiger partial charge on any atom is -0.336 e. The predicted molar refractivity (Wildman–Crippen MR) is 64.3 cm³/mol. The van der Waals surface area contributed by atoms with E-state index < -0.39 is 0 Å². The quantitative estimate of drug-likeness (QED) is 0.750. The third kappa shape index (κ3) is 2.55. The second-order valence-corrected chi connectivity index (χ2v) is 5.49. The number of amides is 1. The lowest BCUT2D eigenvalue weighted by Crippen LogP contribution is -2.55. The van der Waals surface area contributed by atoms with Crippen molar-refractivity contribution in [3.05, 3.63) is 0 Å². The summed E-state index contributed by atoms with van der Waals surface area (Å²) in [6.45, 7) is 10.7. The summed E-state index contributed by atoms with van der Waals surface area (Å²) in [6.07, 6.45) is 1.77. The van der Waals surface area contributed by atoms with E-state index in [-0.39, 0.29) is 5.54 Å². The molecule has 0 radical (unpaired) electrons. The molecule has 2 aliphatic heterocycles. The van der Waals surface area contributed by atoms with Gasteiger partial charge in [-0.05, 0) is 20.3 Å². The number of rotatable bonds is 3. The maximum Gasteiger partial charge on any atom is 0.223 e. The largest absolute Gasteiger partial charge is 0.336 e. The van der Waals surface area contributed by atoms with Crippen molar-refractivity contribution in [1.29, 1.82) is 0 Å². The van der Waals surface area contributed by atoms with Gasteiger partial charge in [-0.15, -0.1) is 0 Å². The fourth-order valence-electron chi connectivity index (χ4n) is 2.79. The van der Waals surface area contributed by atoms with Crippen LogP contribution in [-0.4, -0.2) is 60.5 Å². The van der Waals surface area contributed by atoms with Crippen LogP contribution in [0.25, 0.3) is 0 Å². The zero-order chi connectivity index (χ0) is 11.6. The van der Waals surface area contributed by atoms with Crippen LogP contribution in [-0.2, 0) is 4.79 Å². The first-order valence-electron chi connectivity index (χ1n) is 6.33. The summed E-state index contributed by atoms with van der Waals surface area (Å²) in [7, 11) is 0. The van der Waals surface area contributed by atoms with Crippen molar-refractivity contribution in [2.24, 2.45) is 0 Å². The van der Waals surface area contributed by atoms with Gasteiger partial charge in [-0.3, -0.25) is 9.69 Å². The molecule has 0 spiro atoms. The van der Waals surface area contributed by atoms with E-state index in [1.807, 2.05) is 0 Å². The lowest BCUT2D eigenvalue weighted by molar-refractivity contribution is -0.132. The number of hydrogen-bond acceptors (Lipinski definition) is 3. The molecule has 2 heterocycles. The van der Waals surface area contributed by atoms with E-state index in [1.165, 1.54) is 0 Å². The van der Waals surface area contributed by atoms with Crippen molar-refractivity contribution in [2.45, 2.75) is 32.2 Å². The van der Waals surface area contributed by atoms with E-state index in [0.717, 1.165) is 52.1 Å². The highest BCUT2D eigenvalue weighted by molar-refractivity contribution is 5.78. The Morgan fingerprint density at radius 3 is 2.50 bits per heavy atom. The molecule has 4 heteroatoms. The number of hydrogen-bond donors (Lipinski definition) is 1. The van der Waals surface area contributed by atoms with Crippen LogP contribution in [0, 0.1) is 0 Å². The molecule has 0 aromatic rings. The molecule has 2 saturated heterocycles. The van der Waals surface area contributed by atoms with Crippen LogP contribution in [0.1, 0.15) is 26.7 Å². The molecule has 92 valence electrons. The number of piperazine rings is 1. The number of nitrogens with one attached hydrogen (secondary N) is 1. The summed E-state index contributed by atoms with van der Waals surface area (Å²) in [4.78, 5) is 16.3. The second-order valence-electron chi connectivity index (χ2n) is 5.49. The number of carbonyl (C=O) groups is 1. The molecule has 0 aromatic carbocycles. The molecule has 0 saturated carbocycles. The van der Waals surface area contributed by atoms with Crippen molar-refractivity contribution in [3.8, 4) is 0 Å². The van der Waals surface area contributed by atoms with Gasteiger partial charge < -0.3 is 10.2 Å².